The zero-order chi connectivity index (χ0) is 18.1. The molecule has 0 saturated heterocycles. The Balaban J connectivity index is 1.42. The number of aromatic nitrogens is 5. The first-order chi connectivity index (χ1) is 12.6. The van der Waals surface area contributed by atoms with E-state index < -0.39 is 0 Å². The number of rotatable bonds is 6. The molecule has 1 aromatic carbocycles. The summed E-state index contributed by atoms with van der Waals surface area (Å²) in [5, 5.41) is 16.1. The van der Waals surface area contributed by atoms with Gasteiger partial charge in [0.15, 0.2) is 5.82 Å². The molecule has 9 heteroatoms. The molecule has 3 N–H and O–H groups in total. The maximum absolute atomic E-state index is 12.4. The smallest absolute Gasteiger partial charge is 0.236 e. The third-order valence-corrected chi connectivity index (χ3v) is 5.01. The molecule has 134 valence electrons. The largest absolute Gasteiger partial charge is 0.336 e. The molecule has 4 rings (SSSR count). The summed E-state index contributed by atoms with van der Waals surface area (Å²) in [6, 6.07) is 11.5. The Labute approximate surface area is 154 Å². The highest BCUT2D eigenvalue weighted by Gasteiger charge is 2.30. The van der Waals surface area contributed by atoms with Gasteiger partial charge in [0.1, 0.15) is 5.82 Å². The van der Waals surface area contributed by atoms with Crippen molar-refractivity contribution in [2.75, 3.05) is 16.9 Å². The Morgan fingerprint density at radius 2 is 2.08 bits per heavy atom. The standard InChI is InChI=1S/C17H19N7OS/c1-11-9-14(24(22-11)13-5-3-2-4-6-13)19-15(25)10-26-17-21-20-16(23(17)18)12-7-8-12/h2-6,9,12H,7-8,10,18H2,1H3,(H,19,25). The molecular formula is C17H19N7OS. The van der Waals surface area contributed by atoms with E-state index in [4.69, 9.17) is 5.84 Å². The summed E-state index contributed by atoms with van der Waals surface area (Å²) in [4.78, 5) is 12.4. The third kappa shape index (κ3) is 3.43. The van der Waals surface area contributed by atoms with E-state index in [0.29, 0.717) is 16.9 Å². The normalized spacial score (nSPS) is 13.7. The predicted octanol–water partition coefficient (Wildman–Crippen LogP) is 2.09. The van der Waals surface area contributed by atoms with Crippen molar-refractivity contribution < 1.29 is 4.79 Å². The summed E-state index contributed by atoms with van der Waals surface area (Å²) in [6.45, 7) is 1.89. The number of anilines is 1. The van der Waals surface area contributed by atoms with Gasteiger partial charge in [0, 0.05) is 12.0 Å². The van der Waals surface area contributed by atoms with Gasteiger partial charge in [0.2, 0.25) is 11.1 Å². The molecule has 1 aliphatic rings. The van der Waals surface area contributed by atoms with Crippen molar-refractivity contribution in [3.63, 3.8) is 0 Å². The maximum atomic E-state index is 12.4. The van der Waals surface area contributed by atoms with Gasteiger partial charge < -0.3 is 11.2 Å². The number of para-hydroxylation sites is 1. The van der Waals surface area contributed by atoms with E-state index in [9.17, 15) is 4.79 Å². The number of thioether (sulfide) groups is 1. The van der Waals surface area contributed by atoms with Crippen molar-refractivity contribution >= 4 is 23.5 Å². The van der Waals surface area contributed by atoms with Crippen LogP contribution in [-0.2, 0) is 4.79 Å². The van der Waals surface area contributed by atoms with E-state index >= 15 is 0 Å². The van der Waals surface area contributed by atoms with Crippen molar-refractivity contribution in [2.24, 2.45) is 0 Å². The van der Waals surface area contributed by atoms with Gasteiger partial charge in [0.25, 0.3) is 0 Å². The summed E-state index contributed by atoms with van der Waals surface area (Å²) in [5.41, 5.74) is 1.71. The molecule has 0 bridgehead atoms. The molecule has 8 nitrogen and oxygen atoms in total. The number of carbonyl (C=O) groups is 1. The minimum Gasteiger partial charge on any atom is -0.336 e. The van der Waals surface area contributed by atoms with Gasteiger partial charge in [-0.1, -0.05) is 30.0 Å². The second-order valence-electron chi connectivity index (χ2n) is 6.24. The number of hydrogen-bond donors (Lipinski definition) is 2. The second kappa shape index (κ2) is 6.83. The van der Waals surface area contributed by atoms with Gasteiger partial charge in [-0.15, -0.1) is 10.2 Å². The highest BCUT2D eigenvalue weighted by Crippen LogP contribution is 2.39. The quantitative estimate of drug-likeness (QED) is 0.509. The zero-order valence-electron chi connectivity index (χ0n) is 14.3. The van der Waals surface area contributed by atoms with E-state index in [1.54, 1.807) is 4.68 Å². The van der Waals surface area contributed by atoms with Crippen molar-refractivity contribution in [1.82, 2.24) is 24.7 Å². The van der Waals surface area contributed by atoms with E-state index in [2.05, 4.69) is 20.6 Å². The molecule has 1 amide bonds. The van der Waals surface area contributed by atoms with E-state index in [0.717, 1.165) is 30.0 Å². The Morgan fingerprint density at radius 1 is 1.31 bits per heavy atom. The van der Waals surface area contributed by atoms with Crippen LogP contribution in [0.15, 0.2) is 41.6 Å². The van der Waals surface area contributed by atoms with Gasteiger partial charge >= 0.3 is 0 Å². The Morgan fingerprint density at radius 3 is 2.81 bits per heavy atom. The first-order valence-electron chi connectivity index (χ1n) is 8.37. The molecule has 1 aliphatic carbocycles. The number of nitrogens with one attached hydrogen (secondary N) is 1. The monoisotopic (exact) mass is 369 g/mol. The number of hydrogen-bond acceptors (Lipinski definition) is 6. The van der Waals surface area contributed by atoms with Crippen LogP contribution in [0.1, 0.15) is 30.3 Å². The van der Waals surface area contributed by atoms with Crippen LogP contribution in [-0.4, -0.2) is 36.3 Å². The van der Waals surface area contributed by atoms with Gasteiger partial charge in [-0.05, 0) is 31.9 Å². The molecular weight excluding hydrogens is 350 g/mol. The fourth-order valence-electron chi connectivity index (χ4n) is 2.67. The minimum atomic E-state index is -0.150. The molecule has 0 aliphatic heterocycles. The molecule has 0 unspecified atom stereocenters. The van der Waals surface area contributed by atoms with Crippen LogP contribution in [0.25, 0.3) is 5.69 Å². The van der Waals surface area contributed by atoms with Crippen LogP contribution in [0.4, 0.5) is 5.82 Å². The Bertz CT molecular complexity index is 930. The number of nitrogens with zero attached hydrogens (tertiary/aromatic N) is 5. The lowest BCUT2D eigenvalue weighted by Gasteiger charge is -2.08. The Kier molecular flexibility index (Phi) is 4.37. The van der Waals surface area contributed by atoms with Gasteiger partial charge in [0.05, 0.1) is 17.1 Å². The van der Waals surface area contributed by atoms with Crippen molar-refractivity contribution in [3.05, 3.63) is 47.9 Å². The zero-order valence-corrected chi connectivity index (χ0v) is 15.1. The number of nitrogens with two attached hydrogens (primary N) is 1. The average molecular weight is 369 g/mol. The van der Waals surface area contributed by atoms with Gasteiger partial charge in [-0.3, -0.25) is 4.79 Å². The summed E-state index contributed by atoms with van der Waals surface area (Å²) < 4.78 is 3.21. The average Bonchev–Trinajstić information content (AvgIpc) is 3.32. The number of aryl methyl sites for hydroxylation is 1. The Hall–Kier alpha value is -2.81. The molecule has 2 aromatic heterocycles. The highest BCUT2D eigenvalue weighted by molar-refractivity contribution is 7.99. The van der Waals surface area contributed by atoms with E-state index in [-0.39, 0.29) is 11.7 Å². The van der Waals surface area contributed by atoms with Crippen molar-refractivity contribution in [2.45, 2.75) is 30.8 Å². The minimum absolute atomic E-state index is 0.150. The number of benzene rings is 1. The lowest BCUT2D eigenvalue weighted by Crippen LogP contribution is -2.18. The predicted molar refractivity (Wildman–Crippen MR) is 99.8 cm³/mol. The van der Waals surface area contributed by atoms with Gasteiger partial charge in [-0.2, -0.15) is 5.10 Å². The molecule has 0 spiro atoms. The molecule has 3 aromatic rings. The summed E-state index contributed by atoms with van der Waals surface area (Å²) >= 11 is 1.27. The van der Waals surface area contributed by atoms with Crippen LogP contribution < -0.4 is 11.2 Å². The summed E-state index contributed by atoms with van der Waals surface area (Å²) in [6.07, 6.45) is 2.20. The maximum Gasteiger partial charge on any atom is 0.236 e. The van der Waals surface area contributed by atoms with Crippen molar-refractivity contribution in [3.8, 4) is 5.69 Å². The SMILES string of the molecule is Cc1cc(NC(=O)CSc2nnc(C3CC3)n2N)n(-c2ccccc2)n1. The van der Waals surface area contributed by atoms with E-state index in [1.807, 2.05) is 43.3 Å². The van der Waals surface area contributed by atoms with E-state index in [1.165, 1.54) is 16.4 Å². The topological polar surface area (TPSA) is 104 Å². The van der Waals surface area contributed by atoms with Crippen molar-refractivity contribution in [1.29, 1.82) is 0 Å². The summed E-state index contributed by atoms with van der Waals surface area (Å²) in [5.74, 6) is 7.90. The van der Waals surface area contributed by atoms with Gasteiger partial charge in [-0.25, -0.2) is 9.36 Å². The first kappa shape index (κ1) is 16.6. The molecule has 26 heavy (non-hydrogen) atoms. The van der Waals surface area contributed by atoms with Crippen LogP contribution in [0, 0.1) is 6.92 Å². The van der Waals surface area contributed by atoms with Crippen LogP contribution >= 0.6 is 11.8 Å². The number of nitrogen functional groups attached to an aromatic ring is 1. The lowest BCUT2D eigenvalue weighted by molar-refractivity contribution is -0.113. The molecule has 1 saturated carbocycles. The number of amides is 1. The highest BCUT2D eigenvalue weighted by atomic mass is 32.2. The van der Waals surface area contributed by atoms with Crippen LogP contribution in [0.2, 0.25) is 0 Å². The summed E-state index contributed by atoms with van der Waals surface area (Å²) in [7, 11) is 0. The molecule has 0 atom stereocenters. The third-order valence-electron chi connectivity index (χ3n) is 4.07. The fraction of sp³-hybridized carbons (Fsp3) is 0.294. The lowest BCUT2D eigenvalue weighted by atomic mass is 10.3. The molecule has 0 radical (unpaired) electrons. The molecule has 2 heterocycles. The van der Waals surface area contributed by atoms with Crippen LogP contribution in [0.3, 0.4) is 0 Å². The van der Waals surface area contributed by atoms with Crippen LogP contribution in [0.5, 0.6) is 0 Å². The molecule has 1 fully saturated rings. The number of carbonyl (C=O) groups excluding carboxylic acids is 1. The first-order valence-corrected chi connectivity index (χ1v) is 9.35. The fourth-order valence-corrected chi connectivity index (χ4v) is 3.33. The second-order valence-corrected chi connectivity index (χ2v) is 7.18.